The van der Waals surface area contributed by atoms with Gasteiger partial charge in [0.25, 0.3) is 17.6 Å². The second-order valence-electron chi connectivity index (χ2n) is 18.7. The molecule has 1 saturated heterocycles. The van der Waals surface area contributed by atoms with Crippen molar-refractivity contribution in [1.29, 1.82) is 0 Å². The maximum absolute atomic E-state index is 13.7. The third-order valence-electron chi connectivity index (χ3n) is 11.4. The maximum Gasteiger partial charge on any atom is 0.407 e. The van der Waals surface area contributed by atoms with Crippen molar-refractivity contribution < 1.29 is 38.1 Å². The van der Waals surface area contributed by atoms with Gasteiger partial charge in [-0.15, -0.1) is 5.10 Å². The van der Waals surface area contributed by atoms with Crippen LogP contribution in [-0.4, -0.2) is 123 Å². The predicted molar refractivity (Wildman–Crippen MR) is 278 cm³/mol. The Kier molecular flexibility index (Phi) is 18.4. The number of ether oxygens (including phenoxy) is 4. The summed E-state index contributed by atoms with van der Waals surface area (Å²) in [5, 5.41) is 21.3. The number of benzene rings is 3. The summed E-state index contributed by atoms with van der Waals surface area (Å²) < 4.78 is 25.2. The lowest BCUT2D eigenvalue weighted by atomic mass is 9.86. The summed E-state index contributed by atoms with van der Waals surface area (Å²) >= 11 is 7.64. The minimum atomic E-state index is -0.868. The number of thioether (sulfide) groups is 1. The first-order valence-electron chi connectivity index (χ1n) is 24.3. The van der Waals surface area contributed by atoms with E-state index in [1.54, 1.807) is 22.9 Å². The largest absolute Gasteiger partial charge is 0.448 e. The van der Waals surface area contributed by atoms with Gasteiger partial charge in [-0.25, -0.2) is 19.4 Å². The number of anilines is 1. The fraction of sp³-hybridized carbons (Fsp3) is 0.434. The zero-order valence-corrected chi connectivity index (χ0v) is 43.5. The van der Waals surface area contributed by atoms with E-state index in [2.05, 4.69) is 67.2 Å². The summed E-state index contributed by atoms with van der Waals surface area (Å²) in [6.45, 7) is 14.6. The monoisotopic (exact) mass is 1030 g/mol. The third-order valence-corrected chi connectivity index (χ3v) is 12.7. The van der Waals surface area contributed by atoms with Crippen molar-refractivity contribution >= 4 is 64.2 Å². The highest BCUT2D eigenvalue weighted by atomic mass is 35.5. The molecule has 0 unspecified atom stereocenters. The first kappa shape index (κ1) is 53.7. The normalized spacial score (nSPS) is 13.9. The molecule has 0 bridgehead atoms. The molecule has 2 aliphatic heterocycles. The molecule has 0 radical (unpaired) electrons. The average molecular weight is 1030 g/mol. The number of likely N-dealkylation sites (tertiary alicyclic amines) is 1. The SMILES string of the molecule is CCCSc1nc(NCCNC(=O)OC(C)(C)C)c2nnn(Cc3ccc(C#CC(=O)NCCOCCNC(=O)C#Cc4ccc5c(c4)OC4(CCN(C(=O)[C@H](c6ccc(Cl)cc6)C(C)C)CC4)O5)cc3)c2n1. The van der Waals surface area contributed by atoms with Gasteiger partial charge >= 0.3 is 6.09 Å². The number of nitrogens with zero attached hydrogens (tertiary/aromatic N) is 6. The van der Waals surface area contributed by atoms with Crippen molar-refractivity contribution in [2.24, 2.45) is 5.92 Å². The summed E-state index contributed by atoms with van der Waals surface area (Å²) in [5.41, 5.74) is 3.61. The van der Waals surface area contributed by atoms with Crippen LogP contribution in [0.2, 0.25) is 5.02 Å². The van der Waals surface area contributed by atoms with Crippen LogP contribution in [-0.2, 0) is 30.4 Å². The fourth-order valence-electron chi connectivity index (χ4n) is 7.89. The number of aromatic nitrogens is 5. The number of nitrogens with one attached hydrogen (secondary N) is 4. The van der Waals surface area contributed by atoms with Crippen molar-refractivity contribution in [1.82, 2.24) is 45.8 Å². The van der Waals surface area contributed by atoms with E-state index >= 15 is 0 Å². The lowest BCUT2D eigenvalue weighted by Crippen LogP contribution is -2.52. The van der Waals surface area contributed by atoms with Crippen LogP contribution in [0.25, 0.3) is 11.2 Å². The highest BCUT2D eigenvalue weighted by molar-refractivity contribution is 7.99. The van der Waals surface area contributed by atoms with Crippen molar-refractivity contribution in [3.8, 4) is 35.2 Å². The quantitative estimate of drug-likeness (QED) is 0.0318. The molecule has 1 fully saturated rings. The fourth-order valence-corrected chi connectivity index (χ4v) is 8.71. The van der Waals surface area contributed by atoms with Gasteiger partial charge in [-0.3, -0.25) is 14.4 Å². The van der Waals surface area contributed by atoms with Crippen molar-refractivity contribution in [2.45, 2.75) is 89.8 Å². The molecule has 0 saturated carbocycles. The van der Waals surface area contributed by atoms with Crippen molar-refractivity contribution in [2.75, 3.05) is 63.6 Å². The standard InChI is InChI=1S/C53H61ClN10O8S/c1-7-32-73-50-59-47(57-24-25-58-51(68)72-52(4,5)6)46-48(60-50)64(62-61-46)34-38-10-8-36(9-11-38)13-20-43(65)55-26-30-69-31-27-56-44(66)21-14-37-12-19-41-42(33-37)71-53(70-41)22-28-63(29-23-53)49(67)45(35(2)3)39-15-17-40(54)18-16-39/h8-12,15-19,33,35,45H,7,22-32,34H2,1-6H3,(H,55,65)(H,56,66)(H,58,68)(H,57,59,60)/t45-/m0/s1. The van der Waals surface area contributed by atoms with E-state index in [1.165, 1.54) is 11.8 Å². The van der Waals surface area contributed by atoms with E-state index < -0.39 is 29.3 Å². The van der Waals surface area contributed by atoms with Crippen molar-refractivity contribution in [3.63, 3.8) is 0 Å². The zero-order valence-electron chi connectivity index (χ0n) is 41.9. The second-order valence-corrected chi connectivity index (χ2v) is 20.2. The van der Waals surface area contributed by atoms with Crippen LogP contribution in [0.5, 0.6) is 11.5 Å². The molecule has 20 heteroatoms. The number of carbonyl (C=O) groups is 4. The van der Waals surface area contributed by atoms with Crippen LogP contribution < -0.4 is 30.7 Å². The lowest BCUT2D eigenvalue weighted by molar-refractivity contribution is -0.148. The zero-order chi connectivity index (χ0) is 52.0. The predicted octanol–water partition coefficient (Wildman–Crippen LogP) is 6.54. The third kappa shape index (κ3) is 15.5. The Hall–Kier alpha value is -7.06. The number of rotatable bonds is 18. The highest BCUT2D eigenvalue weighted by Crippen LogP contribution is 2.44. The molecule has 1 spiro atoms. The van der Waals surface area contributed by atoms with Gasteiger partial charge in [-0.2, -0.15) is 0 Å². The summed E-state index contributed by atoms with van der Waals surface area (Å²) in [5.74, 6) is 11.6. The molecule has 3 aromatic carbocycles. The van der Waals surface area contributed by atoms with Gasteiger partial charge in [0.2, 0.25) is 5.91 Å². The van der Waals surface area contributed by atoms with E-state index in [0.717, 1.165) is 23.3 Å². The maximum atomic E-state index is 13.7. The summed E-state index contributed by atoms with van der Waals surface area (Å²) in [6, 6.07) is 20.2. The Balaban J connectivity index is 0.788. The van der Waals surface area contributed by atoms with E-state index in [-0.39, 0.29) is 44.0 Å². The molecular weight excluding hydrogens is 972 g/mol. The Bertz CT molecular complexity index is 2880. The second kappa shape index (κ2) is 25.1. The van der Waals surface area contributed by atoms with Crippen LogP contribution in [0.4, 0.5) is 10.6 Å². The van der Waals surface area contributed by atoms with E-state index in [1.807, 2.05) is 88.0 Å². The number of hydrogen-bond donors (Lipinski definition) is 4. The first-order valence-corrected chi connectivity index (χ1v) is 25.7. The van der Waals surface area contributed by atoms with Crippen molar-refractivity contribution in [3.05, 3.63) is 94.0 Å². The van der Waals surface area contributed by atoms with Gasteiger partial charge in [-0.05, 0) is 86.7 Å². The molecule has 0 aliphatic carbocycles. The molecule has 5 aromatic rings. The first-order chi connectivity index (χ1) is 35.1. The highest BCUT2D eigenvalue weighted by Gasteiger charge is 2.46. The number of piperidine rings is 1. The molecule has 4 heterocycles. The Morgan fingerprint density at radius 2 is 1.49 bits per heavy atom. The van der Waals surface area contributed by atoms with Gasteiger partial charge in [0.1, 0.15) is 5.60 Å². The summed E-state index contributed by atoms with van der Waals surface area (Å²) in [7, 11) is 0. The Labute approximate surface area is 434 Å². The molecule has 18 nitrogen and oxygen atoms in total. The van der Waals surface area contributed by atoms with E-state index in [9.17, 15) is 19.2 Å². The van der Waals surface area contributed by atoms with E-state index in [0.29, 0.717) is 95.4 Å². The molecule has 384 valence electrons. The van der Waals surface area contributed by atoms with Crippen LogP contribution >= 0.6 is 23.4 Å². The molecule has 2 aliphatic rings. The number of amides is 4. The van der Waals surface area contributed by atoms with Gasteiger partial charge in [-0.1, -0.05) is 85.5 Å². The Morgan fingerprint density at radius 1 is 0.836 bits per heavy atom. The van der Waals surface area contributed by atoms with Gasteiger partial charge in [0.05, 0.1) is 25.7 Å². The van der Waals surface area contributed by atoms with Crippen LogP contribution in [0.15, 0.2) is 71.9 Å². The topological polar surface area (TPSA) is 213 Å². The van der Waals surface area contributed by atoms with Gasteiger partial charge in [0.15, 0.2) is 33.6 Å². The number of halogens is 1. The minimum absolute atomic E-state index is 0.0792. The smallest absolute Gasteiger partial charge is 0.407 e. The molecule has 2 aromatic heterocycles. The number of hydrogen-bond acceptors (Lipinski definition) is 14. The molecule has 73 heavy (non-hydrogen) atoms. The minimum Gasteiger partial charge on any atom is -0.448 e. The molecule has 4 N–H and O–H groups in total. The van der Waals surface area contributed by atoms with Gasteiger partial charge in [0, 0.05) is 85.9 Å². The summed E-state index contributed by atoms with van der Waals surface area (Å²) in [6.07, 6.45) is 1.47. The van der Waals surface area contributed by atoms with Crippen LogP contribution in [0, 0.1) is 29.6 Å². The number of carbonyl (C=O) groups excluding carboxylic acids is 4. The molecule has 1 atom stereocenters. The van der Waals surface area contributed by atoms with Gasteiger partial charge < -0.3 is 45.1 Å². The lowest BCUT2D eigenvalue weighted by Gasteiger charge is -2.39. The molecular formula is C53H61ClN10O8S. The molecule has 7 rings (SSSR count). The Morgan fingerprint density at radius 3 is 2.15 bits per heavy atom. The number of alkyl carbamates (subject to hydrolysis) is 1. The van der Waals surface area contributed by atoms with Crippen LogP contribution in [0.1, 0.15) is 89.0 Å². The number of fused-ring (bicyclic) bond motifs is 2. The molecule has 4 amide bonds. The summed E-state index contributed by atoms with van der Waals surface area (Å²) in [4.78, 5) is 61.9. The van der Waals surface area contributed by atoms with Crippen LogP contribution in [0.3, 0.4) is 0 Å². The average Bonchev–Trinajstić information content (AvgIpc) is 3.93. The van der Waals surface area contributed by atoms with E-state index in [4.69, 9.17) is 35.5 Å².